The SMILES string of the molecule is CCN1CCCCCN(C(=O)CCn2ncc3ccccc32)[C@@H](CC(C)C)COc2ccccc2C1=O. The fourth-order valence-electron chi connectivity index (χ4n) is 5.18. The molecule has 0 bridgehead atoms. The molecule has 4 rings (SSSR count). The predicted molar refractivity (Wildman–Crippen MR) is 147 cm³/mol. The van der Waals surface area contributed by atoms with Crippen molar-refractivity contribution < 1.29 is 14.3 Å². The number of benzene rings is 2. The fourth-order valence-corrected chi connectivity index (χ4v) is 5.18. The molecule has 1 aromatic heterocycles. The van der Waals surface area contributed by atoms with E-state index in [2.05, 4.69) is 18.9 Å². The van der Waals surface area contributed by atoms with Gasteiger partial charge in [0.15, 0.2) is 0 Å². The minimum Gasteiger partial charge on any atom is -0.491 e. The van der Waals surface area contributed by atoms with Crippen LogP contribution in [0.2, 0.25) is 0 Å². The molecule has 1 aliphatic rings. The summed E-state index contributed by atoms with van der Waals surface area (Å²) in [5.74, 6) is 1.14. The maximum absolute atomic E-state index is 13.7. The van der Waals surface area contributed by atoms with E-state index < -0.39 is 0 Å². The van der Waals surface area contributed by atoms with Crippen molar-refractivity contribution in [1.82, 2.24) is 19.6 Å². The number of hydrogen-bond donors (Lipinski definition) is 0. The Labute approximate surface area is 220 Å². The highest BCUT2D eigenvalue weighted by molar-refractivity contribution is 5.97. The van der Waals surface area contributed by atoms with Crippen LogP contribution in [-0.4, -0.2) is 63.7 Å². The van der Waals surface area contributed by atoms with Crippen molar-refractivity contribution >= 4 is 22.7 Å². The molecule has 3 aromatic rings. The van der Waals surface area contributed by atoms with Gasteiger partial charge in [-0.2, -0.15) is 5.10 Å². The lowest BCUT2D eigenvalue weighted by molar-refractivity contribution is -0.135. The fraction of sp³-hybridized carbons (Fsp3) is 0.500. The van der Waals surface area contributed by atoms with Crippen molar-refractivity contribution in [3.8, 4) is 5.75 Å². The van der Waals surface area contributed by atoms with Crippen LogP contribution >= 0.6 is 0 Å². The lowest BCUT2D eigenvalue weighted by Gasteiger charge is -2.33. The van der Waals surface area contributed by atoms with Crippen LogP contribution in [0.15, 0.2) is 54.7 Å². The molecular weight excluding hydrogens is 464 g/mol. The van der Waals surface area contributed by atoms with E-state index in [1.54, 1.807) is 0 Å². The summed E-state index contributed by atoms with van der Waals surface area (Å²) in [5.41, 5.74) is 1.64. The Hall–Kier alpha value is -3.35. The van der Waals surface area contributed by atoms with Crippen molar-refractivity contribution in [3.05, 3.63) is 60.3 Å². The van der Waals surface area contributed by atoms with Crippen LogP contribution in [0.5, 0.6) is 5.75 Å². The number of para-hydroxylation sites is 2. The van der Waals surface area contributed by atoms with Crippen molar-refractivity contribution in [2.75, 3.05) is 26.2 Å². The Morgan fingerprint density at radius 2 is 1.81 bits per heavy atom. The zero-order chi connectivity index (χ0) is 26.2. The molecular formula is C30H40N4O3. The zero-order valence-electron chi connectivity index (χ0n) is 22.4. The quantitative estimate of drug-likeness (QED) is 0.451. The molecule has 2 heterocycles. The highest BCUT2D eigenvalue weighted by atomic mass is 16.5. The first-order chi connectivity index (χ1) is 18.0. The highest BCUT2D eigenvalue weighted by Crippen LogP contribution is 2.24. The first kappa shape index (κ1) is 26.7. The average molecular weight is 505 g/mol. The number of ether oxygens (including phenoxy) is 1. The molecule has 2 amide bonds. The first-order valence-electron chi connectivity index (χ1n) is 13.7. The number of carbonyl (C=O) groups excluding carboxylic acids is 2. The van der Waals surface area contributed by atoms with E-state index in [1.165, 1.54) is 0 Å². The van der Waals surface area contributed by atoms with Crippen LogP contribution in [-0.2, 0) is 11.3 Å². The maximum Gasteiger partial charge on any atom is 0.257 e. The number of rotatable bonds is 6. The molecule has 0 N–H and O–H groups in total. The molecule has 7 heteroatoms. The lowest BCUT2D eigenvalue weighted by Crippen LogP contribution is -2.45. The topological polar surface area (TPSA) is 67.7 Å². The molecule has 37 heavy (non-hydrogen) atoms. The third-order valence-corrected chi connectivity index (χ3v) is 7.14. The Balaban J connectivity index is 1.55. The van der Waals surface area contributed by atoms with Gasteiger partial charge in [-0.25, -0.2) is 0 Å². The van der Waals surface area contributed by atoms with Gasteiger partial charge in [0.2, 0.25) is 5.91 Å². The van der Waals surface area contributed by atoms with E-state index in [1.807, 2.05) is 76.1 Å². The Kier molecular flexibility index (Phi) is 9.20. The molecule has 0 aliphatic carbocycles. The Bertz CT molecular complexity index is 1190. The summed E-state index contributed by atoms with van der Waals surface area (Å²) >= 11 is 0. The van der Waals surface area contributed by atoms with E-state index >= 15 is 0 Å². The summed E-state index contributed by atoms with van der Waals surface area (Å²) in [6.07, 6.45) is 5.87. The summed E-state index contributed by atoms with van der Waals surface area (Å²) < 4.78 is 8.23. The third kappa shape index (κ3) is 6.70. The minimum absolute atomic E-state index is 0.0112. The molecule has 0 unspecified atom stereocenters. The molecule has 0 radical (unpaired) electrons. The van der Waals surface area contributed by atoms with E-state index in [9.17, 15) is 9.59 Å². The van der Waals surface area contributed by atoms with Crippen LogP contribution in [0.4, 0.5) is 0 Å². The lowest BCUT2D eigenvalue weighted by atomic mass is 10.0. The van der Waals surface area contributed by atoms with E-state index in [4.69, 9.17) is 4.74 Å². The molecule has 0 saturated heterocycles. The Morgan fingerprint density at radius 3 is 2.62 bits per heavy atom. The van der Waals surface area contributed by atoms with Crippen molar-refractivity contribution in [2.45, 2.75) is 65.5 Å². The maximum atomic E-state index is 13.7. The number of aryl methyl sites for hydroxylation is 1. The second kappa shape index (κ2) is 12.7. The smallest absolute Gasteiger partial charge is 0.257 e. The van der Waals surface area contributed by atoms with Gasteiger partial charge in [0.25, 0.3) is 5.91 Å². The summed E-state index contributed by atoms with van der Waals surface area (Å²) in [5, 5.41) is 5.59. The number of carbonyl (C=O) groups is 2. The van der Waals surface area contributed by atoms with Gasteiger partial charge < -0.3 is 14.5 Å². The Morgan fingerprint density at radius 1 is 1.05 bits per heavy atom. The van der Waals surface area contributed by atoms with E-state index in [0.29, 0.717) is 56.4 Å². The van der Waals surface area contributed by atoms with Crippen molar-refractivity contribution in [1.29, 1.82) is 0 Å². The van der Waals surface area contributed by atoms with Gasteiger partial charge >= 0.3 is 0 Å². The molecule has 1 aliphatic heterocycles. The number of fused-ring (bicyclic) bond motifs is 2. The molecule has 0 spiro atoms. The summed E-state index contributed by atoms with van der Waals surface area (Å²) in [6.45, 7) is 9.34. The van der Waals surface area contributed by atoms with Crippen LogP contribution < -0.4 is 4.74 Å². The molecule has 0 fully saturated rings. The van der Waals surface area contributed by atoms with Crippen LogP contribution in [0.1, 0.15) is 63.2 Å². The molecule has 198 valence electrons. The van der Waals surface area contributed by atoms with Gasteiger partial charge in [-0.1, -0.05) is 44.2 Å². The van der Waals surface area contributed by atoms with Gasteiger partial charge in [-0.05, 0) is 56.7 Å². The minimum atomic E-state index is -0.0620. The molecule has 7 nitrogen and oxygen atoms in total. The predicted octanol–water partition coefficient (Wildman–Crippen LogP) is 5.39. The van der Waals surface area contributed by atoms with Gasteiger partial charge in [-0.15, -0.1) is 0 Å². The number of amides is 2. The van der Waals surface area contributed by atoms with E-state index in [0.717, 1.165) is 36.6 Å². The number of hydrogen-bond acceptors (Lipinski definition) is 4. The van der Waals surface area contributed by atoms with Crippen LogP contribution in [0, 0.1) is 5.92 Å². The van der Waals surface area contributed by atoms with Gasteiger partial charge in [-0.3, -0.25) is 14.3 Å². The van der Waals surface area contributed by atoms with Crippen LogP contribution in [0.25, 0.3) is 10.9 Å². The molecule has 1 atom stereocenters. The number of aromatic nitrogens is 2. The average Bonchev–Trinajstić information content (AvgIpc) is 3.32. The van der Waals surface area contributed by atoms with Gasteiger partial charge in [0.05, 0.1) is 29.9 Å². The largest absolute Gasteiger partial charge is 0.491 e. The molecule has 0 saturated carbocycles. The van der Waals surface area contributed by atoms with Gasteiger partial charge in [0.1, 0.15) is 12.4 Å². The first-order valence-corrected chi connectivity index (χ1v) is 13.7. The monoisotopic (exact) mass is 504 g/mol. The van der Waals surface area contributed by atoms with Crippen LogP contribution in [0.3, 0.4) is 0 Å². The summed E-state index contributed by atoms with van der Waals surface area (Å²) in [6, 6.07) is 15.5. The standard InChI is InChI=1S/C30H40N4O3/c1-4-32-17-10-5-11-18-33(29(35)16-19-34-27-14-8-6-12-24(27)21-31-34)25(20-23(2)3)22-37-28-15-9-7-13-26(28)30(32)36/h6-9,12-15,21,23,25H,4-5,10-11,16-20,22H2,1-3H3/t25-/m0/s1. The van der Waals surface area contributed by atoms with Crippen molar-refractivity contribution in [3.63, 3.8) is 0 Å². The molecule has 2 aromatic carbocycles. The third-order valence-electron chi connectivity index (χ3n) is 7.14. The van der Waals surface area contributed by atoms with E-state index in [-0.39, 0.29) is 17.9 Å². The number of nitrogens with zero attached hydrogens (tertiary/aromatic N) is 4. The normalized spacial score (nSPS) is 17.6. The highest BCUT2D eigenvalue weighted by Gasteiger charge is 2.27. The van der Waals surface area contributed by atoms with Gasteiger partial charge in [0, 0.05) is 31.4 Å². The van der Waals surface area contributed by atoms with Crippen molar-refractivity contribution in [2.24, 2.45) is 5.92 Å². The second-order valence-electron chi connectivity index (χ2n) is 10.3. The summed E-state index contributed by atoms with van der Waals surface area (Å²) in [4.78, 5) is 30.9. The second-order valence-corrected chi connectivity index (χ2v) is 10.3. The zero-order valence-corrected chi connectivity index (χ0v) is 22.4. The summed E-state index contributed by atoms with van der Waals surface area (Å²) in [7, 11) is 0.